The van der Waals surface area contributed by atoms with Gasteiger partial charge >= 0.3 is 5.97 Å². The summed E-state index contributed by atoms with van der Waals surface area (Å²) in [5.41, 5.74) is -1.81. The van der Waals surface area contributed by atoms with Gasteiger partial charge in [-0.25, -0.2) is 22.0 Å². The summed E-state index contributed by atoms with van der Waals surface area (Å²) in [6, 6.07) is 8.25. The van der Waals surface area contributed by atoms with Gasteiger partial charge in [-0.1, -0.05) is 11.6 Å². The van der Waals surface area contributed by atoms with Gasteiger partial charge in [0.25, 0.3) is 0 Å². The molecule has 0 bridgehead atoms. The van der Waals surface area contributed by atoms with Gasteiger partial charge < -0.3 is 9.84 Å². The number of ether oxygens (including phenoxy) is 1. The number of aliphatic hydroxyl groups excluding tert-OH is 1. The van der Waals surface area contributed by atoms with Crippen LogP contribution in [-0.2, 0) is 24.8 Å². The molecule has 0 saturated carbocycles. The number of carbonyl (C=O) groups excluding carboxylic acids is 1. The van der Waals surface area contributed by atoms with E-state index < -0.39 is 38.6 Å². The van der Waals surface area contributed by atoms with Crippen molar-refractivity contribution in [3.8, 4) is 0 Å². The van der Waals surface area contributed by atoms with Crippen LogP contribution in [0.3, 0.4) is 0 Å². The lowest BCUT2D eigenvalue weighted by atomic mass is 9.70. The third-order valence-corrected chi connectivity index (χ3v) is 7.45. The molecule has 0 heterocycles. The molecule has 1 N–H and O–H groups in total. The van der Waals surface area contributed by atoms with E-state index in [0.717, 1.165) is 25.3 Å². The molecule has 1 atom stereocenters. The molecular weight excluding hydrogens is 438 g/mol. The van der Waals surface area contributed by atoms with Gasteiger partial charge in [0.15, 0.2) is 9.84 Å². The van der Waals surface area contributed by atoms with E-state index in [4.69, 9.17) is 11.6 Å². The van der Waals surface area contributed by atoms with Gasteiger partial charge in [0.05, 0.1) is 23.3 Å². The molecule has 2 aromatic rings. The summed E-state index contributed by atoms with van der Waals surface area (Å²) in [6.07, 6.45) is -0.415. The van der Waals surface area contributed by atoms with Gasteiger partial charge in [0.2, 0.25) is 0 Å². The van der Waals surface area contributed by atoms with Crippen LogP contribution in [-0.4, -0.2) is 32.4 Å². The Hall–Kier alpha value is -2.45. The quantitative estimate of drug-likeness (QED) is 0.670. The third kappa shape index (κ3) is 4.34. The molecular formula is C21H19ClF2O5S. The number of rotatable bonds is 5. The first kappa shape index (κ1) is 22.2. The predicted octanol–water partition coefficient (Wildman–Crippen LogP) is 4.50. The molecule has 0 spiro atoms. The van der Waals surface area contributed by atoms with E-state index in [2.05, 4.69) is 4.74 Å². The number of allylic oxidation sites excluding steroid dienone is 1. The van der Waals surface area contributed by atoms with E-state index >= 15 is 0 Å². The molecule has 160 valence electrons. The highest BCUT2D eigenvalue weighted by Crippen LogP contribution is 2.45. The van der Waals surface area contributed by atoms with E-state index in [-0.39, 0.29) is 41.1 Å². The van der Waals surface area contributed by atoms with Crippen LogP contribution >= 0.6 is 11.6 Å². The van der Waals surface area contributed by atoms with Crippen LogP contribution in [0.4, 0.5) is 8.78 Å². The Morgan fingerprint density at radius 3 is 2.50 bits per heavy atom. The fourth-order valence-electron chi connectivity index (χ4n) is 3.77. The molecule has 0 aliphatic heterocycles. The Labute approximate surface area is 177 Å². The number of sulfone groups is 1. The normalized spacial score (nSPS) is 19.6. The number of esters is 1. The molecule has 1 aliphatic rings. The zero-order valence-corrected chi connectivity index (χ0v) is 17.6. The second-order valence-electron chi connectivity index (χ2n) is 7.21. The van der Waals surface area contributed by atoms with E-state index in [1.165, 1.54) is 24.3 Å². The molecule has 3 rings (SSSR count). The SMILES string of the molecule is COC(=O)C1=C(O)CCC(CS(=O)(=O)c2ccc(Cl)cc2)(c2cc(F)ccc2F)C1. The van der Waals surface area contributed by atoms with Gasteiger partial charge in [0, 0.05) is 16.9 Å². The van der Waals surface area contributed by atoms with Crippen LogP contribution in [0, 0.1) is 11.6 Å². The molecule has 0 radical (unpaired) electrons. The van der Waals surface area contributed by atoms with Crippen molar-refractivity contribution >= 4 is 27.4 Å². The summed E-state index contributed by atoms with van der Waals surface area (Å²) in [4.78, 5) is 12.1. The molecule has 1 aliphatic carbocycles. The van der Waals surface area contributed by atoms with E-state index in [9.17, 15) is 27.1 Å². The van der Waals surface area contributed by atoms with Crippen molar-refractivity contribution in [3.05, 3.63) is 76.0 Å². The molecule has 30 heavy (non-hydrogen) atoms. The summed E-state index contributed by atoms with van der Waals surface area (Å²) in [7, 11) is -2.87. The lowest BCUT2D eigenvalue weighted by molar-refractivity contribution is -0.136. The zero-order chi connectivity index (χ0) is 22.1. The Morgan fingerprint density at radius 2 is 1.87 bits per heavy atom. The fourth-order valence-corrected chi connectivity index (χ4v) is 5.75. The van der Waals surface area contributed by atoms with Gasteiger partial charge in [0.1, 0.15) is 17.4 Å². The molecule has 2 aromatic carbocycles. The van der Waals surface area contributed by atoms with Gasteiger partial charge in [-0.3, -0.25) is 0 Å². The van der Waals surface area contributed by atoms with Crippen LogP contribution in [0.2, 0.25) is 5.02 Å². The third-order valence-electron chi connectivity index (χ3n) is 5.27. The average Bonchev–Trinajstić information content (AvgIpc) is 2.71. The standard InChI is InChI=1S/C21H19ClF2O5S/c1-29-20(26)16-11-21(9-8-19(16)25,17-10-14(23)4-7-18(17)24)12-30(27,28)15-5-2-13(22)3-6-15/h2-7,10,25H,8-9,11-12H2,1H3. The Kier molecular flexibility index (Phi) is 6.19. The first-order valence-corrected chi connectivity index (χ1v) is 11.0. The molecule has 0 aromatic heterocycles. The fraction of sp³-hybridized carbons (Fsp3) is 0.286. The number of carbonyl (C=O) groups is 1. The summed E-state index contributed by atoms with van der Waals surface area (Å²) in [5, 5.41) is 10.5. The number of benzene rings is 2. The minimum Gasteiger partial charge on any atom is -0.512 e. The molecule has 1 unspecified atom stereocenters. The predicted molar refractivity (Wildman–Crippen MR) is 107 cm³/mol. The van der Waals surface area contributed by atoms with E-state index in [1.54, 1.807) is 0 Å². The van der Waals surface area contributed by atoms with Crippen molar-refractivity contribution in [2.75, 3.05) is 12.9 Å². The Bertz CT molecular complexity index is 1110. The van der Waals surface area contributed by atoms with Crippen molar-refractivity contribution in [3.63, 3.8) is 0 Å². The molecule has 9 heteroatoms. The van der Waals surface area contributed by atoms with Crippen LogP contribution in [0.1, 0.15) is 24.8 Å². The summed E-state index contributed by atoms with van der Waals surface area (Å²) in [6.45, 7) is 0. The largest absolute Gasteiger partial charge is 0.512 e. The van der Waals surface area contributed by atoms with Gasteiger partial charge in [-0.05, 0) is 60.9 Å². The van der Waals surface area contributed by atoms with Crippen LogP contribution in [0.5, 0.6) is 0 Å². The Balaban J connectivity index is 2.15. The number of aliphatic hydroxyl groups is 1. The van der Waals surface area contributed by atoms with E-state index in [0.29, 0.717) is 5.02 Å². The highest BCUT2D eigenvalue weighted by atomic mass is 35.5. The maximum atomic E-state index is 14.8. The second-order valence-corrected chi connectivity index (χ2v) is 9.64. The lowest BCUT2D eigenvalue weighted by Gasteiger charge is -2.38. The van der Waals surface area contributed by atoms with Crippen LogP contribution in [0.25, 0.3) is 0 Å². The first-order chi connectivity index (χ1) is 14.1. The van der Waals surface area contributed by atoms with E-state index in [1.807, 2.05) is 0 Å². The van der Waals surface area contributed by atoms with Crippen molar-refractivity contribution in [1.82, 2.24) is 0 Å². The number of hydrogen-bond acceptors (Lipinski definition) is 5. The topological polar surface area (TPSA) is 80.7 Å². The smallest absolute Gasteiger partial charge is 0.337 e. The van der Waals surface area contributed by atoms with Gasteiger partial charge in [-0.15, -0.1) is 0 Å². The van der Waals surface area contributed by atoms with Crippen LogP contribution in [0.15, 0.2) is 58.7 Å². The Morgan fingerprint density at radius 1 is 1.20 bits per heavy atom. The van der Waals surface area contributed by atoms with Crippen molar-refractivity contribution in [2.45, 2.75) is 29.6 Å². The maximum absolute atomic E-state index is 14.8. The van der Waals surface area contributed by atoms with Crippen molar-refractivity contribution in [2.24, 2.45) is 0 Å². The summed E-state index contributed by atoms with van der Waals surface area (Å²) >= 11 is 5.83. The highest BCUT2D eigenvalue weighted by molar-refractivity contribution is 7.91. The minimum absolute atomic E-state index is 0.00742. The molecule has 0 saturated heterocycles. The maximum Gasteiger partial charge on any atom is 0.337 e. The van der Waals surface area contributed by atoms with Crippen molar-refractivity contribution < 1.29 is 31.8 Å². The number of methoxy groups -OCH3 is 1. The summed E-state index contributed by atoms with van der Waals surface area (Å²) < 4.78 is 59.8. The monoisotopic (exact) mass is 456 g/mol. The molecule has 5 nitrogen and oxygen atoms in total. The first-order valence-electron chi connectivity index (χ1n) is 9.01. The van der Waals surface area contributed by atoms with Crippen molar-refractivity contribution in [1.29, 1.82) is 0 Å². The average molecular weight is 457 g/mol. The van der Waals surface area contributed by atoms with Gasteiger partial charge in [-0.2, -0.15) is 0 Å². The molecule has 0 fully saturated rings. The lowest BCUT2D eigenvalue weighted by Crippen LogP contribution is -2.40. The zero-order valence-electron chi connectivity index (χ0n) is 16.0. The number of halogens is 3. The second kappa shape index (κ2) is 8.35. The molecule has 0 amide bonds. The highest BCUT2D eigenvalue weighted by Gasteiger charge is 2.45. The number of hydrogen-bond donors (Lipinski definition) is 1. The summed E-state index contributed by atoms with van der Waals surface area (Å²) in [5.74, 6) is -3.24. The van der Waals surface area contributed by atoms with Crippen LogP contribution < -0.4 is 0 Å². The minimum atomic E-state index is -3.99.